The number of amides is 2. The number of rotatable bonds is 12. The van der Waals surface area contributed by atoms with Gasteiger partial charge >= 0.3 is 5.97 Å². The second-order valence-electron chi connectivity index (χ2n) is 10.7. The number of hydrogen-bond donors (Lipinski definition) is 3. The topological polar surface area (TPSA) is 112 Å². The van der Waals surface area contributed by atoms with Crippen molar-refractivity contribution in [3.63, 3.8) is 0 Å². The summed E-state index contributed by atoms with van der Waals surface area (Å²) in [6, 6.07) is 10.7. The van der Waals surface area contributed by atoms with Gasteiger partial charge in [0.15, 0.2) is 11.6 Å². The van der Waals surface area contributed by atoms with Crippen LogP contribution in [-0.4, -0.2) is 51.9 Å². The van der Waals surface area contributed by atoms with E-state index in [1.54, 1.807) is 12.1 Å². The van der Waals surface area contributed by atoms with Crippen molar-refractivity contribution in [2.75, 3.05) is 13.1 Å². The summed E-state index contributed by atoms with van der Waals surface area (Å²) in [6.45, 7) is 8.09. The Hall–Kier alpha value is -4.18. The van der Waals surface area contributed by atoms with E-state index in [4.69, 9.17) is 0 Å². The van der Waals surface area contributed by atoms with E-state index in [2.05, 4.69) is 20.5 Å². The average Bonchev–Trinajstić information content (AvgIpc) is 2.91. The lowest BCUT2D eigenvalue weighted by molar-refractivity contribution is -0.137. The number of aromatic nitrogens is 1. The van der Waals surface area contributed by atoms with E-state index >= 15 is 4.39 Å². The number of benzene rings is 2. The first-order valence-corrected chi connectivity index (χ1v) is 14.1. The van der Waals surface area contributed by atoms with Crippen molar-refractivity contribution in [2.24, 2.45) is 0 Å². The van der Waals surface area contributed by atoms with Gasteiger partial charge in [0.05, 0.1) is 18.2 Å². The largest absolute Gasteiger partial charge is 0.481 e. The molecular formula is C32H36F2N4O4. The van der Waals surface area contributed by atoms with Crippen LogP contribution in [0.5, 0.6) is 0 Å². The molecule has 3 aromatic rings. The zero-order valence-corrected chi connectivity index (χ0v) is 24.0. The monoisotopic (exact) mass is 578 g/mol. The van der Waals surface area contributed by atoms with Crippen LogP contribution in [0.2, 0.25) is 0 Å². The molecule has 0 aliphatic carbocycles. The molecule has 1 saturated heterocycles. The van der Waals surface area contributed by atoms with Crippen LogP contribution in [0.25, 0.3) is 11.1 Å². The first kappa shape index (κ1) is 30.8. The number of carboxylic acids is 1. The van der Waals surface area contributed by atoms with Crippen LogP contribution in [0.15, 0.2) is 48.5 Å². The van der Waals surface area contributed by atoms with Gasteiger partial charge in [0.2, 0.25) is 5.91 Å². The quantitative estimate of drug-likeness (QED) is 0.276. The third-order valence-electron chi connectivity index (χ3n) is 7.47. The Morgan fingerprint density at radius 1 is 1.02 bits per heavy atom. The van der Waals surface area contributed by atoms with Gasteiger partial charge in [-0.3, -0.25) is 19.3 Å². The van der Waals surface area contributed by atoms with Gasteiger partial charge < -0.3 is 15.7 Å². The fourth-order valence-electron chi connectivity index (χ4n) is 5.22. The van der Waals surface area contributed by atoms with E-state index in [0.29, 0.717) is 24.1 Å². The summed E-state index contributed by atoms with van der Waals surface area (Å²) in [5.41, 5.74) is 3.33. The SMILES string of the molecule is CCC[C@H](NC(=O)c1cccc(CN2CCC2)n1)C(=O)NC(CC(=O)O)c1cc(-c2c(C)cccc2C)cc(F)c1F. The van der Waals surface area contributed by atoms with E-state index in [1.807, 2.05) is 45.0 Å². The Bertz CT molecular complexity index is 1450. The van der Waals surface area contributed by atoms with Crippen molar-refractivity contribution in [1.82, 2.24) is 20.5 Å². The molecule has 222 valence electrons. The van der Waals surface area contributed by atoms with Crippen LogP contribution in [0.3, 0.4) is 0 Å². The number of hydrogen-bond acceptors (Lipinski definition) is 5. The lowest BCUT2D eigenvalue weighted by Crippen LogP contribution is -2.48. The normalized spacial score (nSPS) is 14.5. The molecule has 1 aromatic heterocycles. The zero-order valence-electron chi connectivity index (χ0n) is 24.0. The Morgan fingerprint density at radius 2 is 1.71 bits per heavy atom. The first-order valence-electron chi connectivity index (χ1n) is 14.1. The Labute approximate surface area is 244 Å². The molecule has 42 heavy (non-hydrogen) atoms. The van der Waals surface area contributed by atoms with Gasteiger partial charge in [-0.2, -0.15) is 0 Å². The molecule has 0 radical (unpaired) electrons. The highest BCUT2D eigenvalue weighted by Crippen LogP contribution is 2.33. The molecule has 0 saturated carbocycles. The van der Waals surface area contributed by atoms with Crippen LogP contribution < -0.4 is 10.6 Å². The summed E-state index contributed by atoms with van der Waals surface area (Å²) >= 11 is 0. The van der Waals surface area contributed by atoms with Crippen LogP contribution in [0.1, 0.15) is 71.5 Å². The summed E-state index contributed by atoms with van der Waals surface area (Å²) < 4.78 is 30.1. The number of carbonyl (C=O) groups is 3. The van der Waals surface area contributed by atoms with Gasteiger partial charge in [-0.15, -0.1) is 0 Å². The number of carbonyl (C=O) groups excluding carboxylic acids is 2. The number of aryl methyl sites for hydroxylation is 2. The van der Waals surface area contributed by atoms with Crippen LogP contribution in [-0.2, 0) is 16.1 Å². The maximum Gasteiger partial charge on any atom is 0.305 e. The highest BCUT2D eigenvalue weighted by Gasteiger charge is 2.29. The van der Waals surface area contributed by atoms with Crippen molar-refractivity contribution < 1.29 is 28.3 Å². The molecule has 3 N–H and O–H groups in total. The molecule has 1 unspecified atom stereocenters. The minimum Gasteiger partial charge on any atom is -0.481 e. The minimum atomic E-state index is -1.39. The van der Waals surface area contributed by atoms with Gasteiger partial charge in [0, 0.05) is 12.1 Å². The van der Waals surface area contributed by atoms with Gasteiger partial charge in [0.25, 0.3) is 5.91 Å². The minimum absolute atomic E-state index is 0.151. The molecule has 2 atom stereocenters. The molecule has 0 bridgehead atoms. The molecule has 1 aliphatic rings. The standard InChI is InChI=1S/C32H36F2N4O4/c1-4-8-25(36-32(42)26-12-6-11-22(35-26)18-38-13-7-14-38)31(41)37-27(17-28(39)40)23-15-21(16-24(33)30(23)34)29-19(2)9-5-10-20(29)3/h5-6,9-12,15-16,25,27H,4,7-8,13-14,17-18H2,1-3H3,(H,36,42)(H,37,41)(H,39,40)/t25-,27?/m0/s1. The smallest absolute Gasteiger partial charge is 0.305 e. The van der Waals surface area contributed by atoms with Gasteiger partial charge in [-0.1, -0.05) is 37.6 Å². The van der Waals surface area contributed by atoms with Crippen LogP contribution in [0.4, 0.5) is 8.78 Å². The number of nitrogens with zero attached hydrogens (tertiary/aromatic N) is 2. The van der Waals surface area contributed by atoms with Gasteiger partial charge in [-0.05, 0) is 86.3 Å². The molecule has 8 nitrogen and oxygen atoms in total. The number of carboxylic acid groups (broad SMARTS) is 1. The van der Waals surface area contributed by atoms with E-state index in [0.717, 1.165) is 42.4 Å². The molecule has 2 amide bonds. The lowest BCUT2D eigenvalue weighted by Gasteiger charge is -2.30. The van der Waals surface area contributed by atoms with Crippen molar-refractivity contribution >= 4 is 17.8 Å². The van der Waals surface area contributed by atoms with Crippen molar-refractivity contribution in [3.05, 3.63) is 88.2 Å². The molecule has 2 heterocycles. The molecule has 0 spiro atoms. The van der Waals surface area contributed by atoms with Crippen LogP contribution >= 0.6 is 0 Å². The van der Waals surface area contributed by atoms with Crippen LogP contribution in [0, 0.1) is 25.5 Å². The number of aliphatic carboxylic acids is 1. The molecule has 10 heteroatoms. The maximum absolute atomic E-state index is 15.2. The lowest BCUT2D eigenvalue weighted by atomic mass is 9.92. The Balaban J connectivity index is 1.58. The van der Waals surface area contributed by atoms with E-state index in [1.165, 1.54) is 6.07 Å². The summed E-state index contributed by atoms with van der Waals surface area (Å²) in [7, 11) is 0. The number of likely N-dealkylation sites (tertiary alicyclic amines) is 1. The number of nitrogens with one attached hydrogen (secondary N) is 2. The molecule has 1 fully saturated rings. The summed E-state index contributed by atoms with van der Waals surface area (Å²) in [5.74, 6) is -4.96. The van der Waals surface area contributed by atoms with Crippen molar-refractivity contribution in [1.29, 1.82) is 0 Å². The maximum atomic E-state index is 15.2. The summed E-state index contributed by atoms with van der Waals surface area (Å²) in [6.07, 6.45) is 1.20. The van der Waals surface area contributed by atoms with Crippen molar-refractivity contribution in [3.8, 4) is 11.1 Å². The summed E-state index contributed by atoms with van der Waals surface area (Å²) in [4.78, 5) is 44.9. The number of pyridine rings is 1. The van der Waals surface area contributed by atoms with Crippen molar-refractivity contribution in [2.45, 2.75) is 65.1 Å². The predicted octanol–water partition coefficient (Wildman–Crippen LogP) is 5.08. The third kappa shape index (κ3) is 7.36. The fraction of sp³-hybridized carbons (Fsp3) is 0.375. The highest BCUT2D eigenvalue weighted by molar-refractivity contribution is 5.96. The van der Waals surface area contributed by atoms with E-state index < -0.39 is 47.9 Å². The first-order chi connectivity index (χ1) is 20.1. The summed E-state index contributed by atoms with van der Waals surface area (Å²) in [5, 5.41) is 14.8. The molecule has 1 aliphatic heterocycles. The van der Waals surface area contributed by atoms with E-state index in [-0.39, 0.29) is 17.7 Å². The average molecular weight is 579 g/mol. The second kappa shape index (κ2) is 13.7. The molecule has 2 aromatic carbocycles. The zero-order chi connectivity index (χ0) is 30.4. The number of halogens is 2. The molecule has 4 rings (SSSR count). The second-order valence-corrected chi connectivity index (χ2v) is 10.7. The van der Waals surface area contributed by atoms with Gasteiger partial charge in [-0.25, -0.2) is 13.8 Å². The van der Waals surface area contributed by atoms with E-state index in [9.17, 15) is 23.9 Å². The Morgan fingerprint density at radius 3 is 2.33 bits per heavy atom. The third-order valence-corrected chi connectivity index (χ3v) is 7.47. The highest BCUT2D eigenvalue weighted by atomic mass is 19.2. The fourth-order valence-corrected chi connectivity index (χ4v) is 5.22. The predicted molar refractivity (Wildman–Crippen MR) is 155 cm³/mol. The molecular weight excluding hydrogens is 542 g/mol. The van der Waals surface area contributed by atoms with Gasteiger partial charge in [0.1, 0.15) is 11.7 Å². The Kier molecular flexibility index (Phi) is 10.0.